The molecule has 0 spiro atoms. The number of unbranched alkanes of at least 4 members (excludes halogenated alkanes) is 1. The second-order valence-electron chi connectivity index (χ2n) is 3.43. The summed E-state index contributed by atoms with van der Waals surface area (Å²) in [6, 6.07) is 0. The predicted octanol–water partition coefficient (Wildman–Crippen LogP) is 2.64. The van der Waals surface area contributed by atoms with E-state index in [0.717, 1.165) is 17.3 Å². The largest absolute Gasteiger partial charge is 0.303 e. The standard InChI is InChI=1S/C10H23NS3/c12-8-2-1-5-11(6-3-9-13)7-4-10-14/h12-14H,1-10H2. The molecule has 0 aliphatic carbocycles. The summed E-state index contributed by atoms with van der Waals surface area (Å²) in [6.45, 7) is 3.58. The highest BCUT2D eigenvalue weighted by molar-refractivity contribution is 7.80. The van der Waals surface area contributed by atoms with Crippen molar-refractivity contribution in [3.05, 3.63) is 0 Å². The van der Waals surface area contributed by atoms with Gasteiger partial charge in [0.15, 0.2) is 0 Å². The van der Waals surface area contributed by atoms with Crippen LogP contribution in [0.3, 0.4) is 0 Å². The normalized spacial score (nSPS) is 11.1. The zero-order valence-corrected chi connectivity index (χ0v) is 11.5. The number of rotatable bonds is 10. The Hall–Kier alpha value is 1.01. The van der Waals surface area contributed by atoms with Crippen molar-refractivity contribution in [1.29, 1.82) is 0 Å². The zero-order valence-electron chi connectivity index (χ0n) is 8.86. The first kappa shape index (κ1) is 15.0. The topological polar surface area (TPSA) is 3.24 Å². The van der Waals surface area contributed by atoms with E-state index in [2.05, 4.69) is 42.8 Å². The van der Waals surface area contributed by atoms with Gasteiger partial charge in [-0.15, -0.1) is 0 Å². The van der Waals surface area contributed by atoms with Crippen LogP contribution >= 0.6 is 37.9 Å². The van der Waals surface area contributed by atoms with Crippen LogP contribution in [-0.4, -0.2) is 41.8 Å². The van der Waals surface area contributed by atoms with Crippen LogP contribution in [0.15, 0.2) is 0 Å². The fraction of sp³-hybridized carbons (Fsp3) is 1.00. The molecule has 0 amide bonds. The molecule has 0 aliphatic rings. The Balaban J connectivity index is 3.49. The summed E-state index contributed by atoms with van der Waals surface area (Å²) in [4.78, 5) is 2.52. The Labute approximate surface area is 105 Å². The molecule has 0 unspecified atom stereocenters. The minimum Gasteiger partial charge on any atom is -0.303 e. The fourth-order valence-corrected chi connectivity index (χ4v) is 1.88. The van der Waals surface area contributed by atoms with E-state index >= 15 is 0 Å². The van der Waals surface area contributed by atoms with Crippen LogP contribution < -0.4 is 0 Å². The van der Waals surface area contributed by atoms with Crippen molar-refractivity contribution in [2.45, 2.75) is 25.7 Å². The second kappa shape index (κ2) is 12.1. The molecule has 0 atom stereocenters. The van der Waals surface area contributed by atoms with Crippen LogP contribution in [0.2, 0.25) is 0 Å². The molecule has 1 nitrogen and oxygen atoms in total. The quantitative estimate of drug-likeness (QED) is 0.399. The molecule has 0 N–H and O–H groups in total. The predicted molar refractivity (Wildman–Crippen MR) is 76.5 cm³/mol. The Morgan fingerprint density at radius 1 is 0.571 bits per heavy atom. The Kier molecular flexibility index (Phi) is 13.0. The summed E-state index contributed by atoms with van der Waals surface area (Å²) < 4.78 is 0. The van der Waals surface area contributed by atoms with Crippen molar-refractivity contribution < 1.29 is 0 Å². The van der Waals surface area contributed by atoms with E-state index in [1.807, 2.05) is 0 Å². The van der Waals surface area contributed by atoms with Gasteiger partial charge in [0, 0.05) is 0 Å². The maximum Gasteiger partial charge on any atom is -0.00110 e. The molecule has 0 aliphatic heterocycles. The average molecular weight is 254 g/mol. The maximum atomic E-state index is 4.24. The molecule has 0 aromatic rings. The minimum atomic E-state index is 0.990. The molecule has 0 saturated carbocycles. The van der Waals surface area contributed by atoms with E-state index in [-0.39, 0.29) is 0 Å². The third-order valence-corrected chi connectivity index (χ3v) is 3.10. The number of nitrogens with zero attached hydrogens (tertiary/aromatic N) is 1. The first-order chi connectivity index (χ1) is 6.85. The summed E-state index contributed by atoms with van der Waals surface area (Å²) >= 11 is 12.7. The number of thiol groups is 3. The highest BCUT2D eigenvalue weighted by atomic mass is 32.1. The molecular formula is C10H23NS3. The van der Waals surface area contributed by atoms with Gasteiger partial charge in [-0.2, -0.15) is 37.9 Å². The lowest BCUT2D eigenvalue weighted by Crippen LogP contribution is -2.27. The molecule has 14 heavy (non-hydrogen) atoms. The molecule has 0 radical (unpaired) electrons. The van der Waals surface area contributed by atoms with Crippen molar-refractivity contribution in [1.82, 2.24) is 4.90 Å². The first-order valence-corrected chi connectivity index (χ1v) is 7.29. The average Bonchev–Trinajstić information content (AvgIpc) is 2.21. The van der Waals surface area contributed by atoms with Crippen LogP contribution in [0, 0.1) is 0 Å². The van der Waals surface area contributed by atoms with E-state index in [9.17, 15) is 0 Å². The van der Waals surface area contributed by atoms with E-state index in [4.69, 9.17) is 0 Å². The van der Waals surface area contributed by atoms with Crippen molar-refractivity contribution in [3.8, 4) is 0 Å². The summed E-state index contributed by atoms with van der Waals surface area (Å²) in [6.07, 6.45) is 4.87. The summed E-state index contributed by atoms with van der Waals surface area (Å²) in [7, 11) is 0. The molecule has 0 saturated heterocycles. The van der Waals surface area contributed by atoms with Gasteiger partial charge in [-0.05, 0) is 62.6 Å². The molecule has 0 heterocycles. The van der Waals surface area contributed by atoms with E-state index < -0.39 is 0 Å². The lowest BCUT2D eigenvalue weighted by Gasteiger charge is -2.21. The van der Waals surface area contributed by atoms with Crippen LogP contribution in [0.4, 0.5) is 0 Å². The molecule has 4 heteroatoms. The highest BCUT2D eigenvalue weighted by Gasteiger charge is 2.02. The summed E-state index contributed by atoms with van der Waals surface area (Å²) in [5.41, 5.74) is 0. The smallest absolute Gasteiger partial charge is 0.00110 e. The minimum absolute atomic E-state index is 0.990. The number of hydrogen-bond acceptors (Lipinski definition) is 4. The monoisotopic (exact) mass is 253 g/mol. The van der Waals surface area contributed by atoms with Gasteiger partial charge in [0.25, 0.3) is 0 Å². The van der Waals surface area contributed by atoms with Crippen LogP contribution in [0.1, 0.15) is 25.7 Å². The fourth-order valence-electron chi connectivity index (χ4n) is 1.37. The van der Waals surface area contributed by atoms with Crippen molar-refractivity contribution >= 4 is 37.9 Å². The van der Waals surface area contributed by atoms with Crippen LogP contribution in [0.25, 0.3) is 0 Å². The summed E-state index contributed by atoms with van der Waals surface area (Å²) in [5.74, 6) is 2.99. The molecule has 0 fully saturated rings. The molecule has 0 bridgehead atoms. The van der Waals surface area contributed by atoms with E-state index in [1.54, 1.807) is 0 Å². The van der Waals surface area contributed by atoms with Crippen LogP contribution in [0.5, 0.6) is 0 Å². The lowest BCUT2D eigenvalue weighted by atomic mass is 10.3. The van der Waals surface area contributed by atoms with Gasteiger partial charge in [-0.3, -0.25) is 0 Å². The third-order valence-electron chi connectivity index (χ3n) is 2.15. The van der Waals surface area contributed by atoms with Gasteiger partial charge < -0.3 is 4.90 Å². The van der Waals surface area contributed by atoms with Gasteiger partial charge in [-0.1, -0.05) is 0 Å². The lowest BCUT2D eigenvalue weighted by molar-refractivity contribution is 0.272. The first-order valence-electron chi connectivity index (χ1n) is 5.40. The molecule has 0 rings (SSSR count). The van der Waals surface area contributed by atoms with Crippen molar-refractivity contribution in [2.75, 3.05) is 36.9 Å². The summed E-state index contributed by atoms with van der Waals surface area (Å²) in [5, 5.41) is 0. The van der Waals surface area contributed by atoms with Crippen molar-refractivity contribution in [3.63, 3.8) is 0 Å². The Morgan fingerprint density at radius 2 is 1.00 bits per heavy atom. The molecule has 0 aromatic heterocycles. The van der Waals surface area contributed by atoms with Crippen molar-refractivity contribution in [2.24, 2.45) is 0 Å². The van der Waals surface area contributed by atoms with Crippen LogP contribution in [-0.2, 0) is 0 Å². The maximum absolute atomic E-state index is 4.24. The molecular weight excluding hydrogens is 230 g/mol. The molecule has 0 aromatic carbocycles. The van der Waals surface area contributed by atoms with E-state index in [1.165, 1.54) is 45.3 Å². The molecule has 86 valence electrons. The number of hydrogen-bond donors (Lipinski definition) is 3. The van der Waals surface area contributed by atoms with Gasteiger partial charge in [0.05, 0.1) is 0 Å². The van der Waals surface area contributed by atoms with Gasteiger partial charge in [0.2, 0.25) is 0 Å². The Morgan fingerprint density at radius 3 is 1.43 bits per heavy atom. The van der Waals surface area contributed by atoms with Gasteiger partial charge in [-0.25, -0.2) is 0 Å². The Bertz CT molecular complexity index is 104. The van der Waals surface area contributed by atoms with Gasteiger partial charge >= 0.3 is 0 Å². The van der Waals surface area contributed by atoms with E-state index in [0.29, 0.717) is 0 Å². The zero-order chi connectivity index (χ0) is 10.6. The third kappa shape index (κ3) is 9.56. The van der Waals surface area contributed by atoms with Gasteiger partial charge in [0.1, 0.15) is 0 Å². The second-order valence-corrected chi connectivity index (χ2v) is 4.77. The highest BCUT2D eigenvalue weighted by Crippen LogP contribution is 2.01. The SMILES string of the molecule is SCCCCN(CCCS)CCCS.